The van der Waals surface area contributed by atoms with Gasteiger partial charge in [-0.05, 0) is 38.0 Å². The summed E-state index contributed by atoms with van der Waals surface area (Å²) in [5.74, 6) is -0.223. The van der Waals surface area contributed by atoms with Gasteiger partial charge in [0.2, 0.25) is 0 Å². The number of ether oxygens (including phenoxy) is 1. The summed E-state index contributed by atoms with van der Waals surface area (Å²) < 4.78 is 4.98. The molecule has 1 saturated carbocycles. The van der Waals surface area contributed by atoms with Gasteiger partial charge in [-0.25, -0.2) is 0 Å². The molecule has 1 heterocycles. The van der Waals surface area contributed by atoms with Gasteiger partial charge in [0.1, 0.15) is 12.1 Å². The highest BCUT2D eigenvalue weighted by molar-refractivity contribution is 6.31. The van der Waals surface area contributed by atoms with E-state index >= 15 is 0 Å². The SMILES string of the molecule is CCOC(=O)CN1c2ccc(Cl)cc2C(=O)C12CC2. The van der Waals surface area contributed by atoms with E-state index < -0.39 is 5.54 Å². The van der Waals surface area contributed by atoms with Crippen LogP contribution in [0.4, 0.5) is 5.69 Å². The minimum absolute atomic E-state index is 0.0781. The lowest BCUT2D eigenvalue weighted by atomic mass is 10.1. The number of Topliss-reactive ketones (excluding diaryl/α,β-unsaturated/α-hetero) is 1. The Balaban J connectivity index is 1.96. The Hall–Kier alpha value is -1.55. The molecule has 0 radical (unpaired) electrons. The van der Waals surface area contributed by atoms with E-state index in [0.29, 0.717) is 17.2 Å². The second-order valence-corrected chi connectivity index (χ2v) is 5.35. The number of ketones is 1. The zero-order valence-electron chi connectivity index (χ0n) is 10.6. The van der Waals surface area contributed by atoms with Gasteiger partial charge in [-0.3, -0.25) is 9.59 Å². The second kappa shape index (κ2) is 4.23. The fraction of sp³-hybridized carbons (Fsp3) is 0.429. The van der Waals surface area contributed by atoms with Crippen LogP contribution in [0.5, 0.6) is 0 Å². The quantitative estimate of drug-likeness (QED) is 0.798. The van der Waals surface area contributed by atoms with Crippen LogP contribution < -0.4 is 4.90 Å². The average molecular weight is 280 g/mol. The maximum Gasteiger partial charge on any atom is 0.325 e. The number of benzene rings is 1. The summed E-state index contributed by atoms with van der Waals surface area (Å²) >= 11 is 5.94. The predicted molar refractivity (Wildman–Crippen MR) is 71.7 cm³/mol. The van der Waals surface area contributed by atoms with Crippen LogP contribution in [0.15, 0.2) is 18.2 Å². The Labute approximate surface area is 116 Å². The van der Waals surface area contributed by atoms with Crippen LogP contribution in [-0.4, -0.2) is 30.4 Å². The van der Waals surface area contributed by atoms with Crippen molar-refractivity contribution in [3.05, 3.63) is 28.8 Å². The molecule has 1 aliphatic carbocycles. The number of hydrogen-bond donors (Lipinski definition) is 0. The molecule has 1 spiro atoms. The molecule has 1 fully saturated rings. The van der Waals surface area contributed by atoms with Gasteiger partial charge in [-0.15, -0.1) is 0 Å². The van der Waals surface area contributed by atoms with Crippen LogP contribution >= 0.6 is 11.6 Å². The maximum absolute atomic E-state index is 12.4. The van der Waals surface area contributed by atoms with Gasteiger partial charge in [0.15, 0.2) is 5.78 Å². The van der Waals surface area contributed by atoms with Crippen molar-refractivity contribution < 1.29 is 14.3 Å². The van der Waals surface area contributed by atoms with Crippen molar-refractivity contribution in [1.29, 1.82) is 0 Å². The van der Waals surface area contributed by atoms with Crippen LogP contribution in [0.25, 0.3) is 0 Å². The van der Waals surface area contributed by atoms with Crippen molar-refractivity contribution in [2.45, 2.75) is 25.3 Å². The molecule has 0 amide bonds. The van der Waals surface area contributed by atoms with E-state index in [-0.39, 0.29) is 18.3 Å². The fourth-order valence-electron chi connectivity index (χ4n) is 2.72. The number of nitrogens with zero attached hydrogens (tertiary/aromatic N) is 1. The van der Waals surface area contributed by atoms with Crippen LogP contribution in [0.1, 0.15) is 30.1 Å². The van der Waals surface area contributed by atoms with Gasteiger partial charge in [0.25, 0.3) is 0 Å². The second-order valence-electron chi connectivity index (χ2n) is 4.91. The topological polar surface area (TPSA) is 46.6 Å². The molecule has 1 aromatic rings. The summed E-state index contributed by atoms with van der Waals surface area (Å²) in [5, 5.41) is 0.542. The van der Waals surface area contributed by atoms with Crippen molar-refractivity contribution in [3.63, 3.8) is 0 Å². The third-order valence-electron chi connectivity index (χ3n) is 3.75. The van der Waals surface area contributed by atoms with E-state index in [1.165, 1.54) is 0 Å². The minimum atomic E-state index is -0.514. The Morgan fingerprint density at radius 1 is 1.47 bits per heavy atom. The van der Waals surface area contributed by atoms with E-state index in [0.717, 1.165) is 18.5 Å². The molecule has 3 rings (SSSR count). The van der Waals surface area contributed by atoms with E-state index in [1.54, 1.807) is 19.1 Å². The van der Waals surface area contributed by atoms with Crippen molar-refractivity contribution >= 4 is 29.0 Å². The lowest BCUT2D eigenvalue weighted by Gasteiger charge is -2.24. The Morgan fingerprint density at radius 2 is 2.21 bits per heavy atom. The Morgan fingerprint density at radius 3 is 2.84 bits per heavy atom. The molecule has 0 bridgehead atoms. The molecular formula is C14H14ClNO3. The molecule has 0 N–H and O–H groups in total. The lowest BCUT2D eigenvalue weighted by Crippen LogP contribution is -2.41. The molecule has 0 atom stereocenters. The third-order valence-corrected chi connectivity index (χ3v) is 3.98. The molecular weight excluding hydrogens is 266 g/mol. The first-order valence-corrected chi connectivity index (χ1v) is 6.74. The molecule has 4 nitrogen and oxygen atoms in total. The standard InChI is InChI=1S/C14H14ClNO3/c1-2-19-12(17)8-16-11-4-3-9(15)7-10(11)13(18)14(16)5-6-14/h3-4,7H,2,5-6,8H2,1H3. The number of carbonyl (C=O) groups is 2. The van der Waals surface area contributed by atoms with Crippen LogP contribution in [0, 0.1) is 0 Å². The summed E-state index contributed by atoms with van der Waals surface area (Å²) in [6.07, 6.45) is 1.58. The van der Waals surface area contributed by atoms with Gasteiger partial charge in [-0.1, -0.05) is 11.6 Å². The van der Waals surface area contributed by atoms with Crippen molar-refractivity contribution in [2.75, 3.05) is 18.1 Å². The summed E-state index contributed by atoms with van der Waals surface area (Å²) in [4.78, 5) is 26.0. The van der Waals surface area contributed by atoms with Crippen molar-refractivity contribution in [3.8, 4) is 0 Å². The van der Waals surface area contributed by atoms with Crippen LogP contribution in [0.2, 0.25) is 5.02 Å². The number of esters is 1. The van der Waals surface area contributed by atoms with E-state index in [1.807, 2.05) is 11.0 Å². The number of hydrogen-bond acceptors (Lipinski definition) is 4. The smallest absolute Gasteiger partial charge is 0.325 e. The highest BCUT2D eigenvalue weighted by Crippen LogP contribution is 2.53. The maximum atomic E-state index is 12.4. The summed E-state index contributed by atoms with van der Waals surface area (Å²) in [7, 11) is 0. The molecule has 2 aliphatic rings. The molecule has 0 aromatic heterocycles. The molecule has 0 saturated heterocycles. The summed E-state index contributed by atoms with van der Waals surface area (Å²) in [6, 6.07) is 5.24. The summed E-state index contributed by atoms with van der Waals surface area (Å²) in [5.41, 5.74) is 0.897. The molecule has 1 aliphatic heterocycles. The first kappa shape index (κ1) is 12.5. The van der Waals surface area contributed by atoms with Crippen LogP contribution in [0.3, 0.4) is 0 Å². The van der Waals surface area contributed by atoms with E-state index in [9.17, 15) is 9.59 Å². The highest BCUT2D eigenvalue weighted by atomic mass is 35.5. The van der Waals surface area contributed by atoms with Gasteiger partial charge in [0.05, 0.1) is 6.61 Å². The van der Waals surface area contributed by atoms with Gasteiger partial charge >= 0.3 is 5.97 Å². The molecule has 0 unspecified atom stereocenters. The van der Waals surface area contributed by atoms with Gasteiger partial charge in [0, 0.05) is 16.3 Å². The average Bonchev–Trinajstić information content (AvgIpc) is 3.13. The van der Waals surface area contributed by atoms with Gasteiger partial charge in [-0.2, -0.15) is 0 Å². The minimum Gasteiger partial charge on any atom is -0.465 e. The third kappa shape index (κ3) is 1.82. The normalized spacial score (nSPS) is 18.6. The fourth-order valence-corrected chi connectivity index (χ4v) is 2.89. The van der Waals surface area contributed by atoms with Gasteiger partial charge < -0.3 is 9.64 Å². The summed E-state index contributed by atoms with van der Waals surface area (Å²) in [6.45, 7) is 2.24. The van der Waals surface area contributed by atoms with E-state index in [4.69, 9.17) is 16.3 Å². The molecule has 19 heavy (non-hydrogen) atoms. The lowest BCUT2D eigenvalue weighted by molar-refractivity contribution is -0.141. The highest BCUT2D eigenvalue weighted by Gasteiger charge is 2.60. The number of rotatable bonds is 3. The van der Waals surface area contributed by atoms with Crippen molar-refractivity contribution in [1.82, 2.24) is 0 Å². The van der Waals surface area contributed by atoms with Crippen LogP contribution in [-0.2, 0) is 9.53 Å². The van der Waals surface area contributed by atoms with E-state index in [2.05, 4.69) is 0 Å². The first-order valence-electron chi connectivity index (χ1n) is 6.36. The largest absolute Gasteiger partial charge is 0.465 e. The number of halogens is 1. The first-order chi connectivity index (χ1) is 9.08. The monoisotopic (exact) mass is 279 g/mol. The Bertz CT molecular complexity index is 566. The molecule has 5 heteroatoms. The number of anilines is 1. The van der Waals surface area contributed by atoms with Crippen molar-refractivity contribution in [2.24, 2.45) is 0 Å². The Kier molecular flexibility index (Phi) is 2.78. The zero-order valence-corrected chi connectivity index (χ0v) is 11.4. The molecule has 100 valence electrons. The number of carbonyl (C=O) groups excluding carboxylic acids is 2. The number of fused-ring (bicyclic) bond motifs is 1. The predicted octanol–water partition coefficient (Wildman–Crippen LogP) is 2.44. The molecule has 1 aromatic carbocycles. The zero-order chi connectivity index (χ0) is 13.6.